The Balaban J connectivity index is 0.00000361. The topological polar surface area (TPSA) is 79.0 Å². The number of carbonyl (C=O) groups excluding carboxylic acids is 1. The molecule has 0 radical (unpaired) electrons. The molecular weight excluding hydrogens is 498 g/mol. The van der Waals surface area contributed by atoms with E-state index in [1.807, 2.05) is 42.5 Å². The molecule has 1 amide bonds. The Bertz CT molecular complexity index is 1210. The normalized spacial score (nSPS) is 14.6. The lowest BCUT2D eigenvalue weighted by atomic mass is 10.0. The van der Waals surface area contributed by atoms with E-state index in [-0.39, 0.29) is 23.2 Å². The summed E-state index contributed by atoms with van der Waals surface area (Å²) in [4.78, 5) is 14.8. The predicted molar refractivity (Wildman–Crippen MR) is 144 cm³/mol. The number of nitrogens with zero attached hydrogens (tertiary/aromatic N) is 2. The van der Waals surface area contributed by atoms with Crippen LogP contribution in [0.3, 0.4) is 0 Å². The molecular formula is C27H32ClN3O4S. The molecule has 1 saturated heterocycles. The van der Waals surface area contributed by atoms with Gasteiger partial charge in [0.1, 0.15) is 5.75 Å². The highest BCUT2D eigenvalue weighted by Crippen LogP contribution is 2.21. The second kappa shape index (κ2) is 12.9. The monoisotopic (exact) mass is 529 g/mol. The van der Waals surface area contributed by atoms with Crippen LogP contribution in [0.1, 0.15) is 5.56 Å². The van der Waals surface area contributed by atoms with Gasteiger partial charge >= 0.3 is 0 Å². The predicted octanol–water partition coefficient (Wildman–Crippen LogP) is 3.45. The third-order valence-corrected chi connectivity index (χ3v) is 8.12. The molecule has 0 saturated carbocycles. The van der Waals surface area contributed by atoms with Gasteiger partial charge in [0.15, 0.2) is 0 Å². The number of rotatable bonds is 9. The number of ether oxygens (including phenoxy) is 1. The highest BCUT2D eigenvalue weighted by molar-refractivity contribution is 7.89. The molecule has 1 aliphatic rings. The third-order valence-electron chi connectivity index (χ3n) is 6.20. The van der Waals surface area contributed by atoms with Crippen molar-refractivity contribution in [3.05, 3.63) is 84.4 Å². The zero-order valence-corrected chi connectivity index (χ0v) is 21.9. The second-order valence-corrected chi connectivity index (χ2v) is 10.4. The Morgan fingerprint density at radius 2 is 1.47 bits per heavy atom. The van der Waals surface area contributed by atoms with Gasteiger partial charge in [-0.05, 0) is 41.0 Å². The lowest BCUT2D eigenvalue weighted by Gasteiger charge is -2.34. The van der Waals surface area contributed by atoms with Crippen LogP contribution < -0.4 is 10.1 Å². The van der Waals surface area contributed by atoms with Crippen LogP contribution in [0, 0.1) is 0 Å². The fourth-order valence-corrected chi connectivity index (χ4v) is 5.56. The number of sulfonamides is 1. The van der Waals surface area contributed by atoms with E-state index in [0.29, 0.717) is 51.4 Å². The number of methoxy groups -OCH3 is 1. The first-order valence-corrected chi connectivity index (χ1v) is 13.2. The molecule has 3 aromatic rings. The van der Waals surface area contributed by atoms with E-state index in [1.54, 1.807) is 31.4 Å². The van der Waals surface area contributed by atoms with Crippen LogP contribution in [0.5, 0.6) is 5.75 Å². The Hall–Kier alpha value is -2.91. The van der Waals surface area contributed by atoms with Gasteiger partial charge in [0.2, 0.25) is 15.9 Å². The zero-order valence-electron chi connectivity index (χ0n) is 20.3. The first kappa shape index (κ1) is 27.7. The van der Waals surface area contributed by atoms with Gasteiger partial charge < -0.3 is 10.1 Å². The van der Waals surface area contributed by atoms with Crippen molar-refractivity contribution >= 4 is 28.3 Å². The molecule has 0 aromatic heterocycles. The maximum absolute atomic E-state index is 12.9. The first-order valence-electron chi connectivity index (χ1n) is 11.7. The van der Waals surface area contributed by atoms with Crippen LogP contribution in [-0.4, -0.2) is 69.9 Å². The fraction of sp³-hybridized carbons (Fsp3) is 0.296. The Morgan fingerprint density at radius 1 is 0.861 bits per heavy atom. The number of hydrogen-bond donors (Lipinski definition) is 1. The number of amides is 1. The number of hydrogen-bond acceptors (Lipinski definition) is 5. The number of benzene rings is 3. The van der Waals surface area contributed by atoms with Crippen LogP contribution in [0.15, 0.2) is 83.8 Å². The molecule has 1 aliphatic heterocycles. The van der Waals surface area contributed by atoms with E-state index in [1.165, 1.54) is 4.31 Å². The van der Waals surface area contributed by atoms with Gasteiger partial charge in [0, 0.05) is 39.3 Å². The van der Waals surface area contributed by atoms with Crippen LogP contribution in [0.25, 0.3) is 11.1 Å². The van der Waals surface area contributed by atoms with Crippen LogP contribution in [0.4, 0.5) is 0 Å². The van der Waals surface area contributed by atoms with E-state index in [0.717, 1.165) is 16.7 Å². The summed E-state index contributed by atoms with van der Waals surface area (Å²) in [6.45, 7) is 3.34. The van der Waals surface area contributed by atoms with Crippen molar-refractivity contribution in [2.75, 3.05) is 46.4 Å². The molecule has 1 N–H and O–H groups in total. The molecule has 192 valence electrons. The molecule has 3 aromatic carbocycles. The SMILES string of the molecule is COc1ccc(S(=O)(=O)N2CCN(CCNC(=O)Cc3ccc(-c4ccccc4)cc3)CC2)cc1.Cl. The van der Waals surface area contributed by atoms with Gasteiger partial charge in [-0.3, -0.25) is 9.69 Å². The van der Waals surface area contributed by atoms with Gasteiger partial charge in [0.25, 0.3) is 0 Å². The van der Waals surface area contributed by atoms with Crippen LogP contribution >= 0.6 is 12.4 Å². The van der Waals surface area contributed by atoms with E-state index >= 15 is 0 Å². The molecule has 0 spiro atoms. The van der Waals surface area contributed by atoms with Crippen molar-refractivity contribution in [3.8, 4) is 16.9 Å². The standard InChI is InChI=1S/C27H31N3O4S.ClH/c1-34-25-11-13-26(14-12-25)35(32,33)30-19-17-29(18-20-30)16-15-28-27(31)21-22-7-9-24(10-8-22)23-5-3-2-4-6-23;/h2-14H,15-21H2,1H3,(H,28,31);1H. The maximum atomic E-state index is 12.9. The summed E-state index contributed by atoms with van der Waals surface area (Å²) in [7, 11) is -1.97. The average Bonchev–Trinajstić information content (AvgIpc) is 2.90. The van der Waals surface area contributed by atoms with Crippen molar-refractivity contribution in [2.45, 2.75) is 11.3 Å². The smallest absolute Gasteiger partial charge is 0.243 e. The summed E-state index contributed by atoms with van der Waals surface area (Å²) < 4.78 is 32.4. The number of nitrogens with one attached hydrogen (secondary N) is 1. The Labute approximate surface area is 219 Å². The van der Waals surface area contributed by atoms with Crippen molar-refractivity contribution in [1.29, 1.82) is 0 Å². The number of piperazine rings is 1. The first-order chi connectivity index (χ1) is 17.0. The van der Waals surface area contributed by atoms with Crippen molar-refractivity contribution in [2.24, 2.45) is 0 Å². The molecule has 0 bridgehead atoms. The molecule has 1 heterocycles. The zero-order chi connectivity index (χ0) is 24.7. The van der Waals surface area contributed by atoms with Gasteiger partial charge in [-0.25, -0.2) is 8.42 Å². The van der Waals surface area contributed by atoms with Gasteiger partial charge in [-0.15, -0.1) is 12.4 Å². The van der Waals surface area contributed by atoms with E-state index in [2.05, 4.69) is 22.3 Å². The number of halogens is 1. The van der Waals surface area contributed by atoms with E-state index in [9.17, 15) is 13.2 Å². The fourth-order valence-electron chi connectivity index (χ4n) is 4.14. The van der Waals surface area contributed by atoms with Crippen molar-refractivity contribution in [1.82, 2.24) is 14.5 Å². The lowest BCUT2D eigenvalue weighted by Crippen LogP contribution is -2.50. The maximum Gasteiger partial charge on any atom is 0.243 e. The molecule has 7 nitrogen and oxygen atoms in total. The lowest BCUT2D eigenvalue weighted by molar-refractivity contribution is -0.120. The van der Waals surface area contributed by atoms with Gasteiger partial charge in [-0.1, -0.05) is 54.6 Å². The summed E-state index contributed by atoms with van der Waals surface area (Å²) >= 11 is 0. The van der Waals surface area contributed by atoms with E-state index in [4.69, 9.17) is 4.74 Å². The minimum Gasteiger partial charge on any atom is -0.497 e. The summed E-state index contributed by atoms with van der Waals surface area (Å²) in [5.74, 6) is 0.609. The molecule has 36 heavy (non-hydrogen) atoms. The van der Waals surface area contributed by atoms with Crippen LogP contribution in [0.2, 0.25) is 0 Å². The van der Waals surface area contributed by atoms with Gasteiger partial charge in [0.05, 0.1) is 18.4 Å². The molecule has 0 atom stereocenters. The minimum atomic E-state index is -3.52. The largest absolute Gasteiger partial charge is 0.497 e. The summed E-state index contributed by atoms with van der Waals surface area (Å²) in [5.41, 5.74) is 3.25. The summed E-state index contributed by atoms with van der Waals surface area (Å²) in [5, 5.41) is 2.98. The summed E-state index contributed by atoms with van der Waals surface area (Å²) in [6.07, 6.45) is 0.336. The van der Waals surface area contributed by atoms with E-state index < -0.39 is 10.0 Å². The van der Waals surface area contributed by atoms with Crippen molar-refractivity contribution < 1.29 is 17.9 Å². The van der Waals surface area contributed by atoms with Crippen molar-refractivity contribution in [3.63, 3.8) is 0 Å². The van der Waals surface area contributed by atoms with Gasteiger partial charge in [-0.2, -0.15) is 4.31 Å². The highest BCUT2D eigenvalue weighted by Gasteiger charge is 2.28. The van der Waals surface area contributed by atoms with Crippen LogP contribution in [-0.2, 0) is 21.2 Å². The Morgan fingerprint density at radius 3 is 2.08 bits per heavy atom. The third kappa shape index (κ3) is 7.07. The summed E-state index contributed by atoms with van der Waals surface area (Å²) in [6, 6.07) is 24.7. The number of carbonyl (C=O) groups is 1. The molecule has 0 unspecified atom stereocenters. The molecule has 9 heteroatoms. The highest BCUT2D eigenvalue weighted by atomic mass is 35.5. The average molecular weight is 530 g/mol. The second-order valence-electron chi connectivity index (χ2n) is 8.51. The minimum absolute atomic E-state index is 0. The quantitative estimate of drug-likeness (QED) is 0.459. The molecule has 1 fully saturated rings. The molecule has 0 aliphatic carbocycles. The molecule has 4 rings (SSSR count). The Kier molecular flexibility index (Phi) is 9.89.